The molecule has 0 atom stereocenters. The van der Waals surface area contributed by atoms with Crippen LogP contribution in [-0.2, 0) is 17.1 Å². The first kappa shape index (κ1) is 22.4. The molecular formula is C22H24N8O2S. The highest BCUT2D eigenvalue weighted by atomic mass is 32.2. The number of nitrogens with zero attached hydrogens (tertiary/aromatic N) is 6. The predicted molar refractivity (Wildman–Crippen MR) is 124 cm³/mol. The summed E-state index contributed by atoms with van der Waals surface area (Å²) in [5.41, 5.74) is 4.99. The van der Waals surface area contributed by atoms with Crippen molar-refractivity contribution >= 4 is 21.4 Å². The Morgan fingerprint density at radius 1 is 0.879 bits per heavy atom. The SMILES string of the molecule is Cc1nn(-c2ccc(S(N)(=O)=O)cc2)c(C)c1N=Nc1c(C)n(C)n(-c2ccccc2)c1=N. The number of benzene rings is 2. The average Bonchev–Trinajstić information content (AvgIpc) is 3.18. The molecule has 0 radical (unpaired) electrons. The zero-order chi connectivity index (χ0) is 23.9. The minimum absolute atomic E-state index is 0.0296. The number of nitrogens with two attached hydrogens (primary N) is 1. The summed E-state index contributed by atoms with van der Waals surface area (Å²) in [5.74, 6) is 0. The third-order valence-electron chi connectivity index (χ3n) is 5.48. The van der Waals surface area contributed by atoms with Gasteiger partial charge in [-0.1, -0.05) is 18.2 Å². The summed E-state index contributed by atoms with van der Waals surface area (Å²) in [7, 11) is -1.89. The van der Waals surface area contributed by atoms with E-state index in [4.69, 9.17) is 10.5 Å². The van der Waals surface area contributed by atoms with Crippen molar-refractivity contribution in [3.63, 3.8) is 0 Å². The van der Waals surface area contributed by atoms with Crippen LogP contribution in [0.2, 0.25) is 0 Å². The van der Waals surface area contributed by atoms with Crippen LogP contribution in [-0.4, -0.2) is 27.6 Å². The van der Waals surface area contributed by atoms with E-state index in [2.05, 4.69) is 15.3 Å². The second kappa shape index (κ2) is 8.26. The van der Waals surface area contributed by atoms with E-state index in [0.29, 0.717) is 22.8 Å². The number of aryl methyl sites for hydroxylation is 1. The zero-order valence-corrected chi connectivity index (χ0v) is 19.5. The minimum Gasteiger partial charge on any atom is -0.284 e. The van der Waals surface area contributed by atoms with E-state index >= 15 is 0 Å². The van der Waals surface area contributed by atoms with Crippen LogP contribution in [0.5, 0.6) is 0 Å². The molecule has 4 aromatic rings. The van der Waals surface area contributed by atoms with Crippen molar-refractivity contribution < 1.29 is 8.42 Å². The van der Waals surface area contributed by atoms with Gasteiger partial charge in [0.15, 0.2) is 11.2 Å². The highest BCUT2D eigenvalue weighted by molar-refractivity contribution is 7.89. The average molecular weight is 465 g/mol. The smallest absolute Gasteiger partial charge is 0.238 e. The molecule has 2 aromatic carbocycles. The number of nitrogens with one attached hydrogen (secondary N) is 1. The highest BCUT2D eigenvalue weighted by Crippen LogP contribution is 2.28. The lowest BCUT2D eigenvalue weighted by molar-refractivity contribution is 0.597. The lowest BCUT2D eigenvalue weighted by atomic mass is 10.3. The van der Waals surface area contributed by atoms with Gasteiger partial charge >= 0.3 is 0 Å². The number of aromatic nitrogens is 4. The van der Waals surface area contributed by atoms with Crippen molar-refractivity contribution in [1.82, 2.24) is 19.1 Å². The van der Waals surface area contributed by atoms with Crippen LogP contribution < -0.4 is 10.6 Å². The van der Waals surface area contributed by atoms with E-state index in [1.807, 2.05) is 62.8 Å². The molecule has 3 N–H and O–H groups in total. The number of rotatable bonds is 5. The van der Waals surface area contributed by atoms with Gasteiger partial charge in [0.05, 0.1) is 33.4 Å². The van der Waals surface area contributed by atoms with Crippen molar-refractivity contribution in [3.05, 3.63) is 77.2 Å². The van der Waals surface area contributed by atoms with Gasteiger partial charge in [-0.25, -0.2) is 22.9 Å². The molecule has 0 saturated carbocycles. The minimum atomic E-state index is -3.77. The molecule has 2 heterocycles. The summed E-state index contributed by atoms with van der Waals surface area (Å²) in [6, 6.07) is 15.8. The van der Waals surface area contributed by atoms with Gasteiger partial charge < -0.3 is 0 Å². The van der Waals surface area contributed by atoms with Crippen molar-refractivity contribution in [1.29, 1.82) is 5.41 Å². The van der Waals surface area contributed by atoms with Crippen molar-refractivity contribution in [3.8, 4) is 11.4 Å². The first-order valence-electron chi connectivity index (χ1n) is 10.1. The van der Waals surface area contributed by atoms with Gasteiger partial charge in [0.1, 0.15) is 5.69 Å². The molecule has 0 spiro atoms. The second-order valence-corrected chi connectivity index (χ2v) is 9.19. The second-order valence-electron chi connectivity index (χ2n) is 7.62. The molecule has 0 unspecified atom stereocenters. The Kier molecular flexibility index (Phi) is 5.60. The number of sulfonamides is 1. The molecule has 0 aliphatic carbocycles. The van der Waals surface area contributed by atoms with E-state index in [0.717, 1.165) is 17.1 Å². The van der Waals surface area contributed by atoms with Crippen LogP contribution in [0.3, 0.4) is 0 Å². The normalized spacial score (nSPS) is 12.0. The molecule has 0 aliphatic rings. The summed E-state index contributed by atoms with van der Waals surface area (Å²) in [6.07, 6.45) is 0. The van der Waals surface area contributed by atoms with Crippen molar-refractivity contribution in [2.24, 2.45) is 22.4 Å². The summed E-state index contributed by atoms with van der Waals surface area (Å²) in [6.45, 7) is 5.56. The lowest BCUT2D eigenvalue weighted by Crippen LogP contribution is -2.19. The monoisotopic (exact) mass is 464 g/mol. The third kappa shape index (κ3) is 4.03. The molecule has 33 heavy (non-hydrogen) atoms. The fraction of sp³-hybridized carbons (Fsp3) is 0.182. The Morgan fingerprint density at radius 3 is 2.09 bits per heavy atom. The lowest BCUT2D eigenvalue weighted by Gasteiger charge is -2.08. The molecule has 10 nitrogen and oxygen atoms in total. The standard InChI is InChI=1S/C22H24N8O2S/c1-14-20(16(3)29(27-14)17-10-12-19(13-11-17)33(24,31)32)25-26-21-15(2)28(4)30(22(21)23)18-8-6-5-7-9-18/h5-13,23H,1-4H3,(H2,24,31,32). The van der Waals surface area contributed by atoms with Gasteiger partial charge in [-0.2, -0.15) is 5.10 Å². The Labute approximate surface area is 191 Å². The Hall–Kier alpha value is -3.83. The number of primary sulfonamides is 1. The Morgan fingerprint density at radius 2 is 1.48 bits per heavy atom. The van der Waals surface area contributed by atoms with Crippen LogP contribution in [0.25, 0.3) is 11.4 Å². The first-order chi connectivity index (χ1) is 15.6. The Balaban J connectivity index is 1.73. The number of para-hydroxylation sites is 1. The molecule has 0 amide bonds. The maximum Gasteiger partial charge on any atom is 0.238 e. The van der Waals surface area contributed by atoms with Crippen molar-refractivity contribution in [2.75, 3.05) is 0 Å². The van der Waals surface area contributed by atoms with Crippen LogP contribution >= 0.6 is 0 Å². The first-order valence-corrected chi connectivity index (χ1v) is 11.6. The Bertz CT molecular complexity index is 1530. The maximum absolute atomic E-state index is 11.5. The summed E-state index contributed by atoms with van der Waals surface area (Å²) < 4.78 is 28.3. The topological polar surface area (TPSA) is 136 Å². The molecule has 0 saturated heterocycles. The van der Waals surface area contributed by atoms with Gasteiger partial charge in [-0.15, -0.1) is 10.2 Å². The van der Waals surface area contributed by atoms with E-state index in [-0.39, 0.29) is 10.4 Å². The number of azo groups is 1. The van der Waals surface area contributed by atoms with Gasteiger partial charge in [0, 0.05) is 7.05 Å². The van der Waals surface area contributed by atoms with Gasteiger partial charge in [0.2, 0.25) is 10.0 Å². The quantitative estimate of drug-likeness (QED) is 0.438. The van der Waals surface area contributed by atoms with Crippen LogP contribution in [0.1, 0.15) is 17.1 Å². The highest BCUT2D eigenvalue weighted by Gasteiger charge is 2.16. The van der Waals surface area contributed by atoms with Gasteiger partial charge in [-0.05, 0) is 57.2 Å². The largest absolute Gasteiger partial charge is 0.284 e. The maximum atomic E-state index is 11.5. The molecule has 170 valence electrons. The predicted octanol–water partition coefficient (Wildman–Crippen LogP) is 3.47. The fourth-order valence-corrected chi connectivity index (χ4v) is 4.14. The number of hydrogen-bond donors (Lipinski definition) is 2. The molecule has 2 aromatic heterocycles. The molecule has 0 fully saturated rings. The van der Waals surface area contributed by atoms with Crippen LogP contribution in [0, 0.1) is 26.2 Å². The van der Waals surface area contributed by atoms with Crippen LogP contribution in [0.4, 0.5) is 11.4 Å². The summed E-state index contributed by atoms with van der Waals surface area (Å²) >= 11 is 0. The van der Waals surface area contributed by atoms with Crippen LogP contribution in [0.15, 0.2) is 69.7 Å². The fourth-order valence-electron chi connectivity index (χ4n) is 3.62. The van der Waals surface area contributed by atoms with E-state index in [1.165, 1.54) is 12.1 Å². The van der Waals surface area contributed by atoms with Gasteiger partial charge in [0.25, 0.3) is 0 Å². The van der Waals surface area contributed by atoms with E-state index in [1.54, 1.807) is 21.5 Å². The molecule has 0 aliphatic heterocycles. The third-order valence-corrected chi connectivity index (χ3v) is 6.41. The summed E-state index contributed by atoms with van der Waals surface area (Å²) in [5, 5.41) is 27.2. The zero-order valence-electron chi connectivity index (χ0n) is 18.7. The summed E-state index contributed by atoms with van der Waals surface area (Å²) in [4.78, 5) is 0.0296. The molecule has 11 heteroatoms. The molecule has 4 rings (SSSR count). The van der Waals surface area contributed by atoms with Gasteiger partial charge in [-0.3, -0.25) is 10.1 Å². The molecule has 0 bridgehead atoms. The van der Waals surface area contributed by atoms with Crippen molar-refractivity contribution in [2.45, 2.75) is 25.7 Å². The number of hydrogen-bond acceptors (Lipinski definition) is 6. The van der Waals surface area contributed by atoms with E-state index < -0.39 is 10.0 Å². The molecular weight excluding hydrogens is 440 g/mol. The van der Waals surface area contributed by atoms with E-state index in [9.17, 15) is 8.42 Å².